The summed E-state index contributed by atoms with van der Waals surface area (Å²) in [7, 11) is 0. The van der Waals surface area contributed by atoms with Gasteiger partial charge in [-0.15, -0.1) is 0 Å². The van der Waals surface area contributed by atoms with Crippen LogP contribution >= 0.6 is 0 Å². The molecular weight excluding hydrogens is 364 g/mol. The van der Waals surface area contributed by atoms with Crippen molar-refractivity contribution >= 4 is 6.09 Å². The van der Waals surface area contributed by atoms with E-state index in [0.717, 1.165) is 31.8 Å². The smallest absolute Gasteiger partial charge is 0.410 e. The van der Waals surface area contributed by atoms with E-state index < -0.39 is 5.60 Å². The first-order valence-electron chi connectivity index (χ1n) is 10.3. The topological polar surface area (TPSA) is 42.0 Å². The van der Waals surface area contributed by atoms with Crippen LogP contribution in [0.2, 0.25) is 0 Å². The van der Waals surface area contributed by atoms with Crippen LogP contribution in [-0.2, 0) is 11.3 Å². The van der Waals surface area contributed by atoms with Crippen LogP contribution < -0.4 is 4.74 Å². The summed E-state index contributed by atoms with van der Waals surface area (Å²) in [5.41, 5.74) is 0.793. The Morgan fingerprint density at radius 3 is 2.31 bits per heavy atom. The van der Waals surface area contributed by atoms with Crippen molar-refractivity contribution in [3.8, 4) is 5.75 Å². The van der Waals surface area contributed by atoms with Gasteiger partial charge in [-0.05, 0) is 38.5 Å². The Hall–Kier alpha value is -2.53. The summed E-state index contributed by atoms with van der Waals surface area (Å²) in [6.07, 6.45) is 0.529. The van der Waals surface area contributed by atoms with Crippen LogP contribution in [-0.4, -0.2) is 53.8 Å². The van der Waals surface area contributed by atoms with E-state index in [0.29, 0.717) is 13.2 Å². The van der Waals surface area contributed by atoms with Gasteiger partial charge in [0.15, 0.2) is 0 Å². The third-order valence-corrected chi connectivity index (χ3v) is 4.91. The Bertz CT molecular complexity index is 759. The molecule has 156 valence electrons. The molecule has 1 unspecified atom stereocenters. The lowest BCUT2D eigenvalue weighted by Gasteiger charge is -2.41. The Labute approximate surface area is 174 Å². The van der Waals surface area contributed by atoms with E-state index in [9.17, 15) is 4.79 Å². The van der Waals surface area contributed by atoms with Crippen LogP contribution in [0.1, 0.15) is 32.8 Å². The predicted octanol–water partition coefficient (Wildman–Crippen LogP) is 4.58. The normalized spacial score (nSPS) is 17.8. The number of carbonyl (C=O) groups is 1. The minimum absolute atomic E-state index is 0.0611. The molecule has 0 radical (unpaired) electrons. The molecule has 0 aromatic heterocycles. The highest BCUT2D eigenvalue weighted by atomic mass is 16.6. The van der Waals surface area contributed by atoms with Gasteiger partial charge < -0.3 is 14.4 Å². The van der Waals surface area contributed by atoms with Gasteiger partial charge >= 0.3 is 6.09 Å². The fourth-order valence-electron chi connectivity index (χ4n) is 3.54. The number of amides is 1. The van der Waals surface area contributed by atoms with Crippen molar-refractivity contribution < 1.29 is 14.3 Å². The number of nitrogens with zero attached hydrogens (tertiary/aromatic N) is 2. The van der Waals surface area contributed by atoms with Crippen LogP contribution in [0.3, 0.4) is 0 Å². The van der Waals surface area contributed by atoms with Crippen LogP contribution in [0.25, 0.3) is 0 Å². The summed E-state index contributed by atoms with van der Waals surface area (Å²) in [4.78, 5) is 17.0. The standard InChI is InChI=1S/C24H32N2O3/c1-24(2,3)29-23(27)26-16-15-25(18-20-10-6-4-7-11-20)19-21(26)14-17-28-22-12-8-5-9-13-22/h4-13,21H,14-19H2,1-3H3. The molecule has 0 bridgehead atoms. The fraction of sp³-hybridized carbons (Fsp3) is 0.458. The lowest BCUT2D eigenvalue weighted by molar-refractivity contribution is -0.00561. The maximum Gasteiger partial charge on any atom is 0.410 e. The highest BCUT2D eigenvalue weighted by Gasteiger charge is 2.33. The largest absolute Gasteiger partial charge is 0.494 e. The van der Waals surface area contributed by atoms with Gasteiger partial charge in [0.1, 0.15) is 11.4 Å². The van der Waals surface area contributed by atoms with Gasteiger partial charge in [0, 0.05) is 32.6 Å². The molecule has 0 spiro atoms. The number of ether oxygens (including phenoxy) is 2. The van der Waals surface area contributed by atoms with Crippen molar-refractivity contribution in [2.45, 2.75) is 45.4 Å². The van der Waals surface area contributed by atoms with Crippen LogP contribution in [0.4, 0.5) is 4.79 Å². The molecule has 3 rings (SSSR count). The van der Waals surface area contributed by atoms with Crippen molar-refractivity contribution in [1.82, 2.24) is 9.80 Å². The van der Waals surface area contributed by atoms with E-state index in [4.69, 9.17) is 9.47 Å². The van der Waals surface area contributed by atoms with E-state index >= 15 is 0 Å². The number of rotatable bonds is 6. The minimum atomic E-state index is -0.497. The quantitative estimate of drug-likeness (QED) is 0.717. The first-order chi connectivity index (χ1) is 13.9. The molecule has 2 aromatic carbocycles. The molecule has 5 nitrogen and oxygen atoms in total. The van der Waals surface area contributed by atoms with Gasteiger partial charge in [0.05, 0.1) is 12.6 Å². The molecule has 1 aliphatic heterocycles. The van der Waals surface area contributed by atoms with Crippen molar-refractivity contribution in [2.75, 3.05) is 26.2 Å². The number of benzene rings is 2. The van der Waals surface area contributed by atoms with Crippen molar-refractivity contribution in [3.05, 3.63) is 66.2 Å². The second-order valence-electron chi connectivity index (χ2n) is 8.50. The highest BCUT2D eigenvalue weighted by molar-refractivity contribution is 5.68. The van der Waals surface area contributed by atoms with Gasteiger partial charge in [0.25, 0.3) is 0 Å². The van der Waals surface area contributed by atoms with E-state index in [1.54, 1.807) is 0 Å². The fourth-order valence-corrected chi connectivity index (χ4v) is 3.54. The average Bonchev–Trinajstić information content (AvgIpc) is 2.68. The molecule has 1 atom stereocenters. The van der Waals surface area contributed by atoms with Crippen molar-refractivity contribution in [2.24, 2.45) is 0 Å². The minimum Gasteiger partial charge on any atom is -0.494 e. The third kappa shape index (κ3) is 6.79. The van der Waals surface area contributed by atoms with Gasteiger partial charge in [-0.25, -0.2) is 4.79 Å². The van der Waals surface area contributed by atoms with E-state index in [-0.39, 0.29) is 12.1 Å². The molecule has 1 amide bonds. The number of piperazine rings is 1. The van der Waals surface area contributed by atoms with Crippen LogP contribution in [0.5, 0.6) is 5.75 Å². The molecule has 1 fully saturated rings. The van der Waals surface area contributed by atoms with E-state index in [2.05, 4.69) is 29.2 Å². The summed E-state index contributed by atoms with van der Waals surface area (Å²) < 4.78 is 11.5. The average molecular weight is 397 g/mol. The van der Waals surface area contributed by atoms with Gasteiger partial charge in [0.2, 0.25) is 0 Å². The molecular formula is C24H32N2O3. The maximum atomic E-state index is 12.8. The van der Waals surface area contributed by atoms with Crippen LogP contribution in [0, 0.1) is 0 Å². The second kappa shape index (κ2) is 9.79. The highest BCUT2D eigenvalue weighted by Crippen LogP contribution is 2.20. The Morgan fingerprint density at radius 2 is 1.66 bits per heavy atom. The lowest BCUT2D eigenvalue weighted by atomic mass is 10.1. The summed E-state index contributed by atoms with van der Waals surface area (Å²) in [5, 5.41) is 0. The molecule has 0 aliphatic carbocycles. The number of hydrogen-bond donors (Lipinski definition) is 0. The van der Waals surface area contributed by atoms with E-state index in [1.807, 2.05) is 62.1 Å². The molecule has 29 heavy (non-hydrogen) atoms. The molecule has 0 saturated carbocycles. The number of hydrogen-bond acceptors (Lipinski definition) is 4. The van der Waals surface area contributed by atoms with Crippen molar-refractivity contribution in [1.29, 1.82) is 0 Å². The summed E-state index contributed by atoms with van der Waals surface area (Å²) in [6.45, 7) is 9.48. The van der Waals surface area contributed by atoms with E-state index in [1.165, 1.54) is 5.56 Å². The number of para-hydroxylation sites is 1. The zero-order valence-electron chi connectivity index (χ0n) is 17.7. The lowest BCUT2D eigenvalue weighted by Crippen LogP contribution is -2.56. The molecule has 0 N–H and O–H groups in total. The van der Waals surface area contributed by atoms with Crippen LogP contribution in [0.15, 0.2) is 60.7 Å². The maximum absolute atomic E-state index is 12.8. The molecule has 1 aliphatic rings. The zero-order chi connectivity index (χ0) is 20.7. The molecule has 1 heterocycles. The summed E-state index contributed by atoms with van der Waals surface area (Å²) in [5.74, 6) is 0.855. The predicted molar refractivity (Wildman–Crippen MR) is 115 cm³/mol. The Kier molecular flexibility index (Phi) is 7.15. The molecule has 5 heteroatoms. The van der Waals surface area contributed by atoms with Crippen molar-refractivity contribution in [3.63, 3.8) is 0 Å². The monoisotopic (exact) mass is 396 g/mol. The Morgan fingerprint density at radius 1 is 1.00 bits per heavy atom. The molecule has 1 saturated heterocycles. The second-order valence-corrected chi connectivity index (χ2v) is 8.50. The van der Waals surface area contributed by atoms with Gasteiger partial charge in [-0.1, -0.05) is 48.5 Å². The SMILES string of the molecule is CC(C)(C)OC(=O)N1CCN(Cc2ccccc2)CC1CCOc1ccccc1. The first kappa shape index (κ1) is 21.2. The summed E-state index contributed by atoms with van der Waals surface area (Å²) >= 11 is 0. The third-order valence-electron chi connectivity index (χ3n) is 4.91. The molecule has 2 aromatic rings. The van der Waals surface area contributed by atoms with Gasteiger partial charge in [-0.2, -0.15) is 0 Å². The number of carbonyl (C=O) groups excluding carboxylic acids is 1. The Balaban J connectivity index is 1.62. The van der Waals surface area contributed by atoms with Gasteiger partial charge in [-0.3, -0.25) is 4.90 Å². The zero-order valence-corrected chi connectivity index (χ0v) is 17.7. The summed E-state index contributed by atoms with van der Waals surface area (Å²) in [6, 6.07) is 20.3. The first-order valence-corrected chi connectivity index (χ1v) is 10.3.